The highest BCUT2D eigenvalue weighted by atomic mass is 16.5. The molecular weight excluding hydrogens is 312 g/mol. The monoisotopic (exact) mass is 342 g/mol. The Balaban J connectivity index is 1.92. The Morgan fingerprint density at radius 3 is 2.52 bits per heavy atom. The van der Waals surface area contributed by atoms with Crippen LogP contribution in [0, 0.1) is 0 Å². The average molecular weight is 342 g/mol. The Kier molecular flexibility index (Phi) is 8.02. The SMILES string of the molecule is CCCC(CCC)Nc1nc(N)ncc1OCCCc1ccccc1. The van der Waals surface area contributed by atoms with Gasteiger partial charge >= 0.3 is 0 Å². The van der Waals surface area contributed by atoms with Gasteiger partial charge in [-0.05, 0) is 31.2 Å². The standard InChI is InChI=1S/C20H30N4O/c1-3-9-17(10-4-2)23-19-18(15-22-20(21)24-19)25-14-8-13-16-11-6-5-7-12-16/h5-7,11-12,15,17H,3-4,8-10,13-14H2,1-2H3,(H3,21,22,23,24). The molecule has 0 amide bonds. The fourth-order valence-electron chi connectivity index (χ4n) is 2.88. The van der Waals surface area contributed by atoms with Crippen molar-refractivity contribution in [3.63, 3.8) is 0 Å². The summed E-state index contributed by atoms with van der Waals surface area (Å²) in [5, 5.41) is 3.49. The molecule has 0 atom stereocenters. The molecule has 0 saturated heterocycles. The summed E-state index contributed by atoms with van der Waals surface area (Å²) < 4.78 is 5.93. The van der Waals surface area contributed by atoms with Gasteiger partial charge in [0.05, 0.1) is 12.8 Å². The minimum atomic E-state index is 0.269. The van der Waals surface area contributed by atoms with Crippen LogP contribution in [0.4, 0.5) is 11.8 Å². The lowest BCUT2D eigenvalue weighted by molar-refractivity contribution is 0.309. The first kappa shape index (κ1) is 19.0. The second-order valence-electron chi connectivity index (χ2n) is 6.30. The number of nitrogens with two attached hydrogens (primary N) is 1. The predicted molar refractivity (Wildman–Crippen MR) is 104 cm³/mol. The number of ether oxygens (including phenoxy) is 1. The van der Waals surface area contributed by atoms with E-state index >= 15 is 0 Å². The number of anilines is 2. The summed E-state index contributed by atoms with van der Waals surface area (Å²) in [5.41, 5.74) is 7.09. The summed E-state index contributed by atoms with van der Waals surface area (Å²) >= 11 is 0. The third-order valence-corrected chi connectivity index (χ3v) is 4.10. The van der Waals surface area contributed by atoms with Gasteiger partial charge in [-0.3, -0.25) is 0 Å². The van der Waals surface area contributed by atoms with Gasteiger partial charge in [0.2, 0.25) is 5.95 Å². The van der Waals surface area contributed by atoms with Gasteiger partial charge in [-0.2, -0.15) is 4.98 Å². The van der Waals surface area contributed by atoms with E-state index in [0.717, 1.165) is 38.5 Å². The number of nitrogens with one attached hydrogen (secondary N) is 1. The van der Waals surface area contributed by atoms with Crippen molar-refractivity contribution >= 4 is 11.8 Å². The lowest BCUT2D eigenvalue weighted by Gasteiger charge is -2.20. The van der Waals surface area contributed by atoms with Gasteiger partial charge in [0, 0.05) is 6.04 Å². The van der Waals surface area contributed by atoms with E-state index in [1.54, 1.807) is 6.20 Å². The number of hydrogen-bond donors (Lipinski definition) is 2. The van der Waals surface area contributed by atoms with E-state index in [9.17, 15) is 0 Å². The summed E-state index contributed by atoms with van der Waals surface area (Å²) in [6.07, 6.45) is 8.07. The number of rotatable bonds is 11. The van der Waals surface area contributed by atoms with Gasteiger partial charge in [0.25, 0.3) is 0 Å². The molecule has 25 heavy (non-hydrogen) atoms. The van der Waals surface area contributed by atoms with Crippen LogP contribution in [0.3, 0.4) is 0 Å². The molecule has 1 aromatic carbocycles. The van der Waals surface area contributed by atoms with Crippen LogP contribution in [-0.4, -0.2) is 22.6 Å². The fraction of sp³-hybridized carbons (Fsp3) is 0.500. The maximum absolute atomic E-state index is 5.93. The predicted octanol–water partition coefficient (Wildman–Crippen LogP) is 4.45. The van der Waals surface area contributed by atoms with E-state index in [-0.39, 0.29) is 5.95 Å². The number of nitrogen functional groups attached to an aromatic ring is 1. The van der Waals surface area contributed by atoms with E-state index in [0.29, 0.717) is 24.2 Å². The average Bonchev–Trinajstić information content (AvgIpc) is 2.61. The van der Waals surface area contributed by atoms with Crippen molar-refractivity contribution < 1.29 is 4.74 Å². The first-order valence-corrected chi connectivity index (χ1v) is 9.28. The van der Waals surface area contributed by atoms with Crippen LogP contribution in [0.2, 0.25) is 0 Å². The lowest BCUT2D eigenvalue weighted by Crippen LogP contribution is -2.21. The normalized spacial score (nSPS) is 10.8. The van der Waals surface area contributed by atoms with Crippen LogP contribution in [0.1, 0.15) is 51.5 Å². The molecule has 3 N–H and O–H groups in total. The van der Waals surface area contributed by atoms with Crippen molar-refractivity contribution in [2.75, 3.05) is 17.7 Å². The first-order valence-electron chi connectivity index (χ1n) is 9.28. The molecule has 0 bridgehead atoms. The smallest absolute Gasteiger partial charge is 0.222 e. The lowest BCUT2D eigenvalue weighted by atomic mass is 10.1. The molecule has 0 spiro atoms. The molecule has 5 nitrogen and oxygen atoms in total. The number of aryl methyl sites for hydroxylation is 1. The number of hydrogen-bond acceptors (Lipinski definition) is 5. The molecular formula is C20H30N4O. The van der Waals surface area contributed by atoms with Crippen molar-refractivity contribution in [1.29, 1.82) is 0 Å². The number of nitrogens with zero attached hydrogens (tertiary/aromatic N) is 2. The maximum Gasteiger partial charge on any atom is 0.222 e. The third-order valence-electron chi connectivity index (χ3n) is 4.10. The summed E-state index contributed by atoms with van der Waals surface area (Å²) in [4.78, 5) is 8.42. The van der Waals surface area contributed by atoms with Crippen molar-refractivity contribution in [3.05, 3.63) is 42.1 Å². The Hall–Kier alpha value is -2.30. The van der Waals surface area contributed by atoms with Crippen LogP contribution in [-0.2, 0) is 6.42 Å². The van der Waals surface area contributed by atoms with E-state index in [4.69, 9.17) is 10.5 Å². The van der Waals surface area contributed by atoms with Gasteiger partial charge in [-0.25, -0.2) is 4.98 Å². The van der Waals surface area contributed by atoms with Gasteiger partial charge < -0.3 is 15.8 Å². The summed E-state index contributed by atoms with van der Waals surface area (Å²) in [6.45, 7) is 5.02. The van der Waals surface area contributed by atoms with Crippen molar-refractivity contribution in [2.45, 2.75) is 58.4 Å². The van der Waals surface area contributed by atoms with Gasteiger partial charge in [-0.15, -0.1) is 0 Å². The van der Waals surface area contributed by atoms with Crippen LogP contribution in [0.15, 0.2) is 36.5 Å². The zero-order valence-corrected chi connectivity index (χ0v) is 15.4. The number of benzene rings is 1. The topological polar surface area (TPSA) is 73.1 Å². The first-order chi connectivity index (χ1) is 12.2. The molecule has 0 unspecified atom stereocenters. The van der Waals surface area contributed by atoms with Crippen LogP contribution in [0.25, 0.3) is 0 Å². The van der Waals surface area contributed by atoms with Crippen molar-refractivity contribution in [3.8, 4) is 5.75 Å². The van der Waals surface area contributed by atoms with E-state index in [2.05, 4.69) is 53.4 Å². The molecule has 0 aliphatic carbocycles. The third kappa shape index (κ3) is 6.61. The zero-order chi connectivity index (χ0) is 17.9. The largest absolute Gasteiger partial charge is 0.488 e. The Labute approximate surface area is 151 Å². The summed E-state index contributed by atoms with van der Waals surface area (Å²) in [6, 6.07) is 10.8. The van der Waals surface area contributed by atoms with E-state index in [1.165, 1.54) is 5.56 Å². The van der Waals surface area contributed by atoms with Crippen molar-refractivity contribution in [2.24, 2.45) is 0 Å². The molecule has 5 heteroatoms. The molecule has 0 radical (unpaired) electrons. The quantitative estimate of drug-likeness (QED) is 0.590. The fourth-order valence-corrected chi connectivity index (χ4v) is 2.88. The highest BCUT2D eigenvalue weighted by Crippen LogP contribution is 2.24. The second kappa shape index (κ2) is 10.5. The maximum atomic E-state index is 5.93. The Morgan fingerprint density at radius 2 is 1.84 bits per heavy atom. The highest BCUT2D eigenvalue weighted by molar-refractivity contribution is 5.51. The van der Waals surface area contributed by atoms with Crippen LogP contribution < -0.4 is 15.8 Å². The molecule has 0 saturated carbocycles. The number of aromatic nitrogens is 2. The molecule has 2 rings (SSSR count). The van der Waals surface area contributed by atoms with Crippen LogP contribution >= 0.6 is 0 Å². The van der Waals surface area contributed by atoms with E-state index in [1.807, 2.05) is 6.07 Å². The Bertz CT molecular complexity index is 612. The molecule has 0 aliphatic rings. The summed E-state index contributed by atoms with van der Waals surface area (Å²) in [7, 11) is 0. The van der Waals surface area contributed by atoms with Crippen molar-refractivity contribution in [1.82, 2.24) is 9.97 Å². The van der Waals surface area contributed by atoms with Gasteiger partial charge in [-0.1, -0.05) is 57.0 Å². The summed E-state index contributed by atoms with van der Waals surface area (Å²) in [5.74, 6) is 1.66. The molecule has 1 aromatic heterocycles. The van der Waals surface area contributed by atoms with E-state index < -0.39 is 0 Å². The van der Waals surface area contributed by atoms with Crippen LogP contribution in [0.5, 0.6) is 5.75 Å². The molecule has 1 heterocycles. The highest BCUT2D eigenvalue weighted by Gasteiger charge is 2.13. The minimum Gasteiger partial charge on any atom is -0.488 e. The second-order valence-corrected chi connectivity index (χ2v) is 6.30. The minimum absolute atomic E-state index is 0.269. The molecule has 0 aliphatic heterocycles. The van der Waals surface area contributed by atoms with Gasteiger partial charge in [0.1, 0.15) is 0 Å². The molecule has 0 fully saturated rings. The van der Waals surface area contributed by atoms with Gasteiger partial charge in [0.15, 0.2) is 11.6 Å². The molecule has 136 valence electrons. The zero-order valence-electron chi connectivity index (χ0n) is 15.4. The Morgan fingerprint density at radius 1 is 1.12 bits per heavy atom. The molecule has 2 aromatic rings.